The van der Waals surface area contributed by atoms with Crippen molar-refractivity contribution in [2.45, 2.75) is 13.1 Å². The highest BCUT2D eigenvalue weighted by Gasteiger charge is 2.30. The largest absolute Gasteiger partial charge is 0.493 e. The van der Waals surface area contributed by atoms with E-state index in [0.29, 0.717) is 12.4 Å². The molecule has 0 bridgehead atoms. The summed E-state index contributed by atoms with van der Waals surface area (Å²) in [6.07, 6.45) is -2.95. The van der Waals surface area contributed by atoms with Crippen LogP contribution in [0.3, 0.4) is 0 Å². The minimum absolute atomic E-state index is 0.191. The second-order valence-corrected chi connectivity index (χ2v) is 6.36. The molecule has 0 saturated heterocycles. The maximum atomic E-state index is 12.8. The zero-order chi connectivity index (χ0) is 21.6. The first-order valence-corrected chi connectivity index (χ1v) is 9.26. The standard InChI is InChI=1S/C22H20F3N3O2/c1-2-30-20-11-10-15-6-3-4-9-18(15)19(20)13-27-28-21(29)14-26-17-8-5-7-16(12-17)22(23,24)25/h3-13,26H,2,14H2,1H3,(H,28,29)/b27-13-. The third kappa shape index (κ3) is 5.28. The van der Waals surface area contributed by atoms with E-state index in [2.05, 4.69) is 15.8 Å². The first kappa shape index (κ1) is 21.2. The molecular formula is C22H20F3N3O2. The van der Waals surface area contributed by atoms with Crippen LogP contribution in [0, 0.1) is 0 Å². The summed E-state index contributed by atoms with van der Waals surface area (Å²) in [5, 5.41) is 8.56. The van der Waals surface area contributed by atoms with Crippen LogP contribution in [-0.4, -0.2) is 25.3 Å². The van der Waals surface area contributed by atoms with Crippen LogP contribution in [0.2, 0.25) is 0 Å². The van der Waals surface area contributed by atoms with Gasteiger partial charge in [0.05, 0.1) is 24.9 Å². The molecule has 0 spiro atoms. The molecule has 0 aliphatic rings. The number of carbonyl (C=O) groups is 1. The number of halogens is 3. The number of ether oxygens (including phenoxy) is 1. The number of rotatable bonds is 7. The lowest BCUT2D eigenvalue weighted by molar-refractivity contribution is -0.137. The first-order valence-electron chi connectivity index (χ1n) is 9.26. The quantitative estimate of drug-likeness (QED) is 0.430. The molecule has 0 radical (unpaired) electrons. The van der Waals surface area contributed by atoms with Gasteiger partial charge in [-0.3, -0.25) is 4.79 Å². The van der Waals surface area contributed by atoms with Gasteiger partial charge in [0.15, 0.2) is 0 Å². The molecule has 0 saturated carbocycles. The van der Waals surface area contributed by atoms with E-state index in [1.165, 1.54) is 18.3 Å². The Balaban J connectivity index is 1.66. The van der Waals surface area contributed by atoms with E-state index < -0.39 is 17.6 Å². The molecule has 3 aromatic carbocycles. The van der Waals surface area contributed by atoms with Gasteiger partial charge < -0.3 is 10.1 Å². The highest BCUT2D eigenvalue weighted by atomic mass is 19.4. The Hall–Kier alpha value is -3.55. The molecule has 1 amide bonds. The third-order valence-electron chi connectivity index (χ3n) is 4.26. The van der Waals surface area contributed by atoms with Crippen molar-refractivity contribution in [1.29, 1.82) is 0 Å². The zero-order valence-corrected chi connectivity index (χ0v) is 16.2. The summed E-state index contributed by atoms with van der Waals surface area (Å²) in [4.78, 5) is 12.0. The van der Waals surface area contributed by atoms with Crippen molar-refractivity contribution in [1.82, 2.24) is 5.43 Å². The van der Waals surface area contributed by atoms with Gasteiger partial charge in [-0.15, -0.1) is 0 Å². The topological polar surface area (TPSA) is 62.7 Å². The average molecular weight is 415 g/mol. The lowest BCUT2D eigenvalue weighted by Crippen LogP contribution is -2.26. The predicted molar refractivity (Wildman–Crippen MR) is 111 cm³/mol. The molecule has 0 aliphatic carbocycles. The number of nitrogens with zero attached hydrogens (tertiary/aromatic N) is 1. The molecule has 0 unspecified atom stereocenters. The van der Waals surface area contributed by atoms with Crippen LogP contribution < -0.4 is 15.5 Å². The van der Waals surface area contributed by atoms with Crippen molar-refractivity contribution in [3.05, 3.63) is 71.8 Å². The van der Waals surface area contributed by atoms with Crippen LogP contribution in [0.15, 0.2) is 65.8 Å². The van der Waals surface area contributed by atoms with E-state index >= 15 is 0 Å². The summed E-state index contributed by atoms with van der Waals surface area (Å²) in [5.74, 6) is 0.137. The molecule has 0 fully saturated rings. The van der Waals surface area contributed by atoms with Gasteiger partial charge in [0.25, 0.3) is 5.91 Å². The second-order valence-electron chi connectivity index (χ2n) is 6.36. The molecular weight excluding hydrogens is 395 g/mol. The molecule has 0 aliphatic heterocycles. The van der Waals surface area contributed by atoms with Gasteiger partial charge >= 0.3 is 6.18 Å². The number of amides is 1. The Kier molecular flexibility index (Phi) is 6.56. The second kappa shape index (κ2) is 9.30. The van der Waals surface area contributed by atoms with Gasteiger partial charge in [-0.2, -0.15) is 18.3 Å². The summed E-state index contributed by atoms with van der Waals surface area (Å²) >= 11 is 0. The maximum absolute atomic E-state index is 12.8. The third-order valence-corrected chi connectivity index (χ3v) is 4.26. The molecule has 5 nitrogen and oxygen atoms in total. The number of carbonyl (C=O) groups excluding carboxylic acids is 1. The fourth-order valence-electron chi connectivity index (χ4n) is 2.89. The highest BCUT2D eigenvalue weighted by Crippen LogP contribution is 2.30. The van der Waals surface area contributed by atoms with Gasteiger partial charge in [-0.25, -0.2) is 5.43 Å². The molecule has 0 aromatic heterocycles. The van der Waals surface area contributed by atoms with Gasteiger partial charge in [0.2, 0.25) is 0 Å². The molecule has 3 aromatic rings. The summed E-state index contributed by atoms with van der Waals surface area (Å²) in [6, 6.07) is 16.1. The van der Waals surface area contributed by atoms with Gasteiger partial charge in [-0.05, 0) is 42.0 Å². The number of hydrogen-bond donors (Lipinski definition) is 2. The molecule has 30 heavy (non-hydrogen) atoms. The molecule has 3 rings (SSSR count). The summed E-state index contributed by atoms with van der Waals surface area (Å²) in [6.45, 7) is 2.12. The van der Waals surface area contributed by atoms with E-state index in [0.717, 1.165) is 28.5 Å². The van der Waals surface area contributed by atoms with Crippen molar-refractivity contribution in [2.75, 3.05) is 18.5 Å². The lowest BCUT2D eigenvalue weighted by atomic mass is 10.0. The van der Waals surface area contributed by atoms with Gasteiger partial charge in [0, 0.05) is 11.3 Å². The fourth-order valence-corrected chi connectivity index (χ4v) is 2.89. The highest BCUT2D eigenvalue weighted by molar-refractivity contribution is 6.02. The van der Waals surface area contributed by atoms with Crippen LogP contribution in [0.25, 0.3) is 10.8 Å². The van der Waals surface area contributed by atoms with Crippen LogP contribution in [0.1, 0.15) is 18.1 Å². The van der Waals surface area contributed by atoms with Crippen LogP contribution in [0.4, 0.5) is 18.9 Å². The number of fused-ring (bicyclic) bond motifs is 1. The fraction of sp³-hybridized carbons (Fsp3) is 0.182. The van der Waals surface area contributed by atoms with Crippen molar-refractivity contribution >= 4 is 28.6 Å². The summed E-state index contributed by atoms with van der Waals surface area (Å²) < 4.78 is 43.9. The number of hydrogen-bond acceptors (Lipinski definition) is 4. The number of benzene rings is 3. The first-order chi connectivity index (χ1) is 14.4. The minimum atomic E-state index is -4.44. The Labute approximate surface area is 171 Å². The van der Waals surface area contributed by atoms with Crippen molar-refractivity contribution in [3.63, 3.8) is 0 Å². The Bertz CT molecular complexity index is 1060. The smallest absolute Gasteiger partial charge is 0.416 e. The monoisotopic (exact) mass is 415 g/mol. The number of alkyl halides is 3. The maximum Gasteiger partial charge on any atom is 0.416 e. The molecule has 8 heteroatoms. The van der Waals surface area contributed by atoms with Crippen molar-refractivity contribution < 1.29 is 22.7 Å². The Morgan fingerprint density at radius 2 is 1.90 bits per heavy atom. The zero-order valence-electron chi connectivity index (χ0n) is 16.2. The number of nitrogens with one attached hydrogen (secondary N) is 2. The molecule has 0 atom stereocenters. The average Bonchev–Trinajstić information content (AvgIpc) is 2.73. The summed E-state index contributed by atoms with van der Waals surface area (Å²) in [5.41, 5.74) is 2.50. The van der Waals surface area contributed by atoms with Crippen molar-refractivity contribution in [3.8, 4) is 5.75 Å². The number of anilines is 1. The van der Waals surface area contributed by atoms with E-state index in [4.69, 9.17) is 4.74 Å². The Morgan fingerprint density at radius 3 is 2.67 bits per heavy atom. The molecule has 0 heterocycles. The van der Waals surface area contributed by atoms with Crippen LogP contribution in [0.5, 0.6) is 5.75 Å². The normalized spacial score (nSPS) is 11.6. The summed E-state index contributed by atoms with van der Waals surface area (Å²) in [7, 11) is 0. The SMILES string of the molecule is CCOc1ccc2ccccc2c1/C=N\NC(=O)CNc1cccc(C(F)(F)F)c1. The van der Waals surface area contributed by atoms with E-state index in [9.17, 15) is 18.0 Å². The van der Waals surface area contributed by atoms with Gasteiger partial charge in [0.1, 0.15) is 5.75 Å². The Morgan fingerprint density at radius 1 is 1.10 bits per heavy atom. The predicted octanol–water partition coefficient (Wildman–Crippen LogP) is 4.82. The lowest BCUT2D eigenvalue weighted by Gasteiger charge is -2.11. The molecule has 2 N–H and O–H groups in total. The number of hydrazone groups is 1. The van der Waals surface area contributed by atoms with Crippen LogP contribution in [-0.2, 0) is 11.0 Å². The van der Waals surface area contributed by atoms with E-state index in [-0.39, 0.29) is 12.2 Å². The minimum Gasteiger partial charge on any atom is -0.493 e. The van der Waals surface area contributed by atoms with E-state index in [1.807, 2.05) is 43.3 Å². The molecule has 156 valence electrons. The van der Waals surface area contributed by atoms with Gasteiger partial charge in [-0.1, -0.05) is 36.4 Å². The van der Waals surface area contributed by atoms with Crippen molar-refractivity contribution in [2.24, 2.45) is 5.10 Å². The van der Waals surface area contributed by atoms with Crippen LogP contribution >= 0.6 is 0 Å². The van der Waals surface area contributed by atoms with E-state index in [1.54, 1.807) is 0 Å².